The van der Waals surface area contributed by atoms with Crippen LogP contribution in [0.25, 0.3) is 0 Å². The monoisotopic (exact) mass is 452 g/mol. The van der Waals surface area contributed by atoms with Crippen molar-refractivity contribution < 1.29 is 33.2 Å². The number of nitrogens with one attached hydrogen (secondary N) is 3. The first kappa shape index (κ1) is 25.5. The fraction of sp³-hybridized carbons (Fsp3) is 0.667. The Kier molecular flexibility index (Phi) is 8.90. The van der Waals surface area contributed by atoms with Crippen LogP contribution in [0.5, 0.6) is 0 Å². The van der Waals surface area contributed by atoms with Crippen molar-refractivity contribution in [3.8, 4) is 0 Å². The van der Waals surface area contributed by atoms with Crippen LogP contribution in [0.4, 0.5) is 0 Å². The highest BCUT2D eigenvalue weighted by Gasteiger charge is 2.50. The molecule has 11 heteroatoms. The van der Waals surface area contributed by atoms with Gasteiger partial charge in [-0.15, -0.1) is 0 Å². The molecule has 1 aromatic heterocycles. The summed E-state index contributed by atoms with van der Waals surface area (Å²) in [6.45, 7) is 7.43. The molecule has 2 unspecified atom stereocenters. The topological polar surface area (TPSA) is 152 Å². The Morgan fingerprint density at radius 2 is 1.91 bits per heavy atom. The van der Waals surface area contributed by atoms with Gasteiger partial charge >= 0.3 is 0 Å². The highest BCUT2D eigenvalue weighted by atomic mass is 16.6. The highest BCUT2D eigenvalue weighted by Crippen LogP contribution is 2.29. The van der Waals surface area contributed by atoms with Crippen LogP contribution in [0.15, 0.2) is 10.6 Å². The summed E-state index contributed by atoms with van der Waals surface area (Å²) in [5.74, 6) is -1.20. The first-order valence-electron chi connectivity index (χ1n) is 10.5. The van der Waals surface area contributed by atoms with Crippen molar-refractivity contribution in [2.45, 2.75) is 58.2 Å². The SMILES string of the molecule is COCC[C@H](NC(=O)c1cc(C)on1)C(=O)NCC(=O)NC(CC(C)C)C(=O)C1(C)CO1. The van der Waals surface area contributed by atoms with Gasteiger partial charge in [-0.1, -0.05) is 19.0 Å². The fourth-order valence-corrected chi connectivity index (χ4v) is 3.07. The van der Waals surface area contributed by atoms with Crippen molar-refractivity contribution in [2.75, 3.05) is 26.9 Å². The van der Waals surface area contributed by atoms with Crippen LogP contribution in [0.2, 0.25) is 0 Å². The number of amides is 3. The molecule has 1 fully saturated rings. The zero-order chi connectivity index (χ0) is 23.9. The molecular weight excluding hydrogens is 420 g/mol. The predicted molar refractivity (Wildman–Crippen MR) is 113 cm³/mol. The Hall–Kier alpha value is -2.79. The number of aromatic nitrogens is 1. The Bertz CT molecular complexity index is 832. The first-order valence-corrected chi connectivity index (χ1v) is 10.5. The second-order valence-corrected chi connectivity index (χ2v) is 8.48. The number of carbonyl (C=O) groups excluding carboxylic acids is 4. The standard InChI is InChI=1S/C21H32N4O7/c1-12(2)8-15(18(27)21(4)11-31-21)23-17(26)10-22-19(28)14(6-7-30-5)24-20(29)16-9-13(3)32-25-16/h9,12,14-15H,6-8,10-11H2,1-5H3,(H,22,28)(H,23,26)(H,24,29)/t14-,15?,21?/m0/s1. The zero-order valence-corrected chi connectivity index (χ0v) is 19.1. The molecule has 32 heavy (non-hydrogen) atoms. The van der Waals surface area contributed by atoms with Crippen molar-refractivity contribution >= 4 is 23.5 Å². The number of hydrogen-bond donors (Lipinski definition) is 3. The zero-order valence-electron chi connectivity index (χ0n) is 19.1. The number of ketones is 1. The minimum absolute atomic E-state index is 0.0429. The molecule has 3 N–H and O–H groups in total. The van der Waals surface area contributed by atoms with E-state index in [1.807, 2.05) is 13.8 Å². The second kappa shape index (κ2) is 11.2. The Balaban J connectivity index is 1.92. The average molecular weight is 453 g/mol. The van der Waals surface area contributed by atoms with Crippen molar-refractivity contribution in [3.05, 3.63) is 17.5 Å². The maximum atomic E-state index is 12.6. The normalized spacial score (nSPS) is 19.2. The summed E-state index contributed by atoms with van der Waals surface area (Å²) in [4.78, 5) is 50.0. The smallest absolute Gasteiger partial charge is 0.274 e. The number of methoxy groups -OCH3 is 1. The van der Waals surface area contributed by atoms with Gasteiger partial charge in [-0.2, -0.15) is 0 Å². The number of carbonyl (C=O) groups is 4. The van der Waals surface area contributed by atoms with Crippen LogP contribution in [0.1, 0.15) is 49.9 Å². The van der Waals surface area contributed by atoms with Crippen molar-refractivity contribution in [1.29, 1.82) is 0 Å². The molecule has 0 bridgehead atoms. The van der Waals surface area contributed by atoms with E-state index in [2.05, 4.69) is 21.1 Å². The maximum absolute atomic E-state index is 12.6. The summed E-state index contributed by atoms with van der Waals surface area (Å²) >= 11 is 0. The van der Waals surface area contributed by atoms with E-state index in [9.17, 15) is 19.2 Å². The minimum atomic E-state index is -0.945. The van der Waals surface area contributed by atoms with E-state index in [4.69, 9.17) is 14.0 Å². The molecule has 0 spiro atoms. The number of nitrogens with zero attached hydrogens (tertiary/aromatic N) is 1. The number of ether oxygens (including phenoxy) is 2. The third-order valence-electron chi connectivity index (χ3n) is 4.97. The van der Waals surface area contributed by atoms with Gasteiger partial charge in [0.2, 0.25) is 11.8 Å². The van der Waals surface area contributed by atoms with Gasteiger partial charge in [0.15, 0.2) is 11.5 Å². The molecule has 1 aliphatic rings. The number of Topliss-reactive ketones (excluding diaryl/α,β-unsaturated/α-hetero) is 1. The lowest BCUT2D eigenvalue weighted by Crippen LogP contribution is -2.52. The lowest BCUT2D eigenvalue weighted by molar-refractivity contribution is -0.131. The van der Waals surface area contributed by atoms with Crippen molar-refractivity contribution in [2.24, 2.45) is 5.92 Å². The second-order valence-electron chi connectivity index (χ2n) is 8.48. The minimum Gasteiger partial charge on any atom is -0.385 e. The molecule has 0 aliphatic carbocycles. The molecule has 178 valence electrons. The molecule has 2 heterocycles. The summed E-state index contributed by atoms with van der Waals surface area (Å²) in [6.07, 6.45) is 0.651. The lowest BCUT2D eigenvalue weighted by Gasteiger charge is -2.22. The summed E-state index contributed by atoms with van der Waals surface area (Å²) in [5.41, 5.74) is -0.813. The quantitative estimate of drug-likeness (QED) is 0.357. The number of epoxide rings is 1. The highest BCUT2D eigenvalue weighted by molar-refractivity contribution is 5.98. The van der Waals surface area contributed by atoms with E-state index in [0.29, 0.717) is 18.8 Å². The van der Waals surface area contributed by atoms with Crippen LogP contribution in [0, 0.1) is 12.8 Å². The molecule has 11 nitrogen and oxygen atoms in total. The van der Waals surface area contributed by atoms with E-state index >= 15 is 0 Å². The van der Waals surface area contributed by atoms with E-state index < -0.39 is 35.4 Å². The van der Waals surface area contributed by atoms with E-state index in [-0.39, 0.29) is 37.0 Å². The summed E-state index contributed by atoms with van der Waals surface area (Å²) in [7, 11) is 1.47. The van der Waals surface area contributed by atoms with Crippen LogP contribution in [-0.2, 0) is 23.9 Å². The summed E-state index contributed by atoms with van der Waals surface area (Å²) < 4.78 is 15.1. The molecule has 0 radical (unpaired) electrons. The van der Waals surface area contributed by atoms with Gasteiger partial charge in [-0.25, -0.2) is 0 Å². The Labute approximate surface area is 186 Å². The molecule has 3 amide bonds. The van der Waals surface area contributed by atoms with Gasteiger partial charge < -0.3 is 29.9 Å². The van der Waals surface area contributed by atoms with Gasteiger partial charge in [0, 0.05) is 19.8 Å². The van der Waals surface area contributed by atoms with E-state index in [1.165, 1.54) is 13.2 Å². The fourth-order valence-electron chi connectivity index (χ4n) is 3.07. The number of rotatable bonds is 13. The molecule has 0 saturated carbocycles. The lowest BCUT2D eigenvalue weighted by atomic mass is 9.93. The molecule has 3 atom stereocenters. The van der Waals surface area contributed by atoms with Crippen molar-refractivity contribution in [3.63, 3.8) is 0 Å². The van der Waals surface area contributed by atoms with Crippen LogP contribution >= 0.6 is 0 Å². The van der Waals surface area contributed by atoms with Crippen molar-refractivity contribution in [1.82, 2.24) is 21.1 Å². The molecule has 1 saturated heterocycles. The molecule has 2 rings (SSSR count). The third kappa shape index (κ3) is 7.41. The average Bonchev–Trinajstić information content (AvgIpc) is 3.33. The molecular formula is C21H32N4O7. The maximum Gasteiger partial charge on any atom is 0.274 e. The predicted octanol–water partition coefficient (Wildman–Crippen LogP) is 0.123. The van der Waals surface area contributed by atoms with Crippen LogP contribution < -0.4 is 16.0 Å². The summed E-state index contributed by atoms with van der Waals surface area (Å²) in [6, 6.07) is -0.199. The summed E-state index contributed by atoms with van der Waals surface area (Å²) in [5, 5.41) is 11.4. The molecule has 1 aliphatic heterocycles. The Morgan fingerprint density at radius 1 is 1.22 bits per heavy atom. The number of hydrogen-bond acceptors (Lipinski definition) is 8. The van der Waals surface area contributed by atoms with Gasteiger partial charge in [0.05, 0.1) is 19.2 Å². The van der Waals surface area contributed by atoms with Gasteiger partial charge in [0.1, 0.15) is 17.4 Å². The molecule has 1 aromatic rings. The van der Waals surface area contributed by atoms with Gasteiger partial charge in [-0.3, -0.25) is 19.2 Å². The van der Waals surface area contributed by atoms with Gasteiger partial charge in [0.25, 0.3) is 5.91 Å². The van der Waals surface area contributed by atoms with Crippen LogP contribution in [0.3, 0.4) is 0 Å². The largest absolute Gasteiger partial charge is 0.385 e. The first-order chi connectivity index (χ1) is 15.1. The van der Waals surface area contributed by atoms with Crippen LogP contribution in [-0.4, -0.2) is 73.2 Å². The Morgan fingerprint density at radius 3 is 2.44 bits per heavy atom. The van der Waals surface area contributed by atoms with Gasteiger partial charge in [-0.05, 0) is 32.6 Å². The third-order valence-corrected chi connectivity index (χ3v) is 4.97. The van der Waals surface area contributed by atoms with E-state index in [1.54, 1.807) is 13.8 Å². The number of aryl methyl sites for hydroxylation is 1. The van der Waals surface area contributed by atoms with E-state index in [0.717, 1.165) is 0 Å². The molecule has 0 aromatic carbocycles.